The maximum Gasteiger partial charge on any atom is 0.346 e. The van der Waals surface area contributed by atoms with Crippen LogP contribution in [0.2, 0.25) is 5.02 Å². The van der Waals surface area contributed by atoms with E-state index >= 15 is 0 Å². The van der Waals surface area contributed by atoms with Crippen molar-refractivity contribution in [3.05, 3.63) is 225 Å². The zero-order chi connectivity index (χ0) is 59.7. The lowest BCUT2D eigenvalue weighted by Crippen LogP contribution is -2.44. The number of hydrogen-bond acceptors (Lipinski definition) is 8. The Morgan fingerprint density at radius 2 is 1.04 bits per heavy atom. The lowest BCUT2D eigenvalue weighted by Gasteiger charge is -2.27. The molecule has 3 atom stereocenters. The Morgan fingerprint density at radius 3 is 1.55 bits per heavy atom. The van der Waals surface area contributed by atoms with E-state index in [9.17, 15) is 39.0 Å². The number of benzene rings is 7. The van der Waals surface area contributed by atoms with Gasteiger partial charge in [-0.25, -0.2) is 19.2 Å². The van der Waals surface area contributed by atoms with Crippen LogP contribution >= 0.6 is 11.6 Å². The highest BCUT2D eigenvalue weighted by Gasteiger charge is 2.29. The second kappa shape index (κ2) is 29.6. The van der Waals surface area contributed by atoms with Gasteiger partial charge >= 0.3 is 24.0 Å². The summed E-state index contributed by atoms with van der Waals surface area (Å²) >= 11 is 6.12. The number of carbonyl (C=O) groups excluding carboxylic acids is 5. The number of esters is 1. The molecule has 0 bridgehead atoms. The highest BCUT2D eigenvalue weighted by atomic mass is 35.5. The van der Waals surface area contributed by atoms with Gasteiger partial charge in [0.2, 0.25) is 6.10 Å². The van der Waals surface area contributed by atoms with Gasteiger partial charge in [-0.05, 0) is 150 Å². The van der Waals surface area contributed by atoms with Gasteiger partial charge in [0.25, 0.3) is 11.8 Å². The summed E-state index contributed by atoms with van der Waals surface area (Å²) in [6, 6.07) is 53.6. The second-order valence-electron chi connectivity index (χ2n) is 22.0. The number of aliphatic hydroxyl groups excluding tert-OH is 1. The molecule has 15 nitrogen and oxygen atoms in total. The molecule has 0 aromatic heterocycles. The molecule has 0 radical (unpaired) electrons. The van der Waals surface area contributed by atoms with E-state index in [0.717, 1.165) is 53.5 Å². The van der Waals surface area contributed by atoms with Crippen molar-refractivity contribution in [2.75, 3.05) is 22.9 Å². The first-order valence-corrected chi connectivity index (χ1v) is 29.7. The molecule has 6 amide bonds. The molecule has 2 fully saturated rings. The fourth-order valence-electron chi connectivity index (χ4n) is 11.2. The number of anilines is 2. The smallest absolute Gasteiger partial charge is 0.346 e. The summed E-state index contributed by atoms with van der Waals surface area (Å²) in [5, 5.41) is 32.4. The molecule has 85 heavy (non-hydrogen) atoms. The number of ether oxygens (including phenoxy) is 1. The maximum atomic E-state index is 14.2. The van der Waals surface area contributed by atoms with E-state index in [0.29, 0.717) is 33.8 Å². The van der Waals surface area contributed by atoms with Crippen molar-refractivity contribution in [1.29, 1.82) is 0 Å². The van der Waals surface area contributed by atoms with Crippen LogP contribution in [-0.2, 0) is 34.0 Å². The van der Waals surface area contributed by atoms with Crippen LogP contribution < -0.4 is 31.1 Å². The summed E-state index contributed by atoms with van der Waals surface area (Å²) < 4.78 is 5.10. The number of nitrogens with zero attached hydrogens (tertiary/aromatic N) is 2. The monoisotopic (exact) mass is 1160 g/mol. The Hall–Kier alpha value is -8.79. The molecule has 2 aliphatic carbocycles. The van der Waals surface area contributed by atoms with Gasteiger partial charge in [0.1, 0.15) is 0 Å². The highest BCUT2D eigenvalue weighted by molar-refractivity contribution is 6.30. The number of nitrogens with one attached hydrogen (secondary N) is 4. The molecule has 6 N–H and O–H groups in total. The predicted octanol–water partition coefficient (Wildman–Crippen LogP) is 13.0. The summed E-state index contributed by atoms with van der Waals surface area (Å²) in [7, 11) is 0. The van der Waals surface area contributed by atoms with E-state index in [-0.39, 0.29) is 48.9 Å². The number of carboxylic acids is 1. The average molecular weight is 1170 g/mol. The highest BCUT2D eigenvalue weighted by Crippen LogP contribution is 2.36. The van der Waals surface area contributed by atoms with Gasteiger partial charge in [0, 0.05) is 34.1 Å². The summed E-state index contributed by atoms with van der Waals surface area (Å²) in [6.07, 6.45) is 8.08. The van der Waals surface area contributed by atoms with E-state index in [2.05, 4.69) is 45.5 Å². The third-order valence-corrected chi connectivity index (χ3v) is 16.4. The lowest BCUT2D eigenvalue weighted by molar-refractivity contribution is -0.169. The first kappa shape index (κ1) is 60.8. The van der Waals surface area contributed by atoms with Crippen molar-refractivity contribution < 1.29 is 43.7 Å². The van der Waals surface area contributed by atoms with Crippen LogP contribution in [0.4, 0.5) is 21.0 Å². The number of carboxylic acid groups (broad SMARTS) is 1. The van der Waals surface area contributed by atoms with Crippen molar-refractivity contribution >= 4 is 58.8 Å². The van der Waals surface area contributed by atoms with Crippen molar-refractivity contribution in [3.8, 4) is 11.1 Å². The van der Waals surface area contributed by atoms with Gasteiger partial charge in [0.05, 0.1) is 32.2 Å². The molecule has 0 spiro atoms. The minimum absolute atomic E-state index is 0.166. The van der Waals surface area contributed by atoms with E-state index < -0.39 is 49.1 Å². The fraction of sp³-hybridized carbons (Fsp3) is 0.304. The van der Waals surface area contributed by atoms with Gasteiger partial charge in [-0.15, -0.1) is 0 Å². The van der Waals surface area contributed by atoms with Gasteiger partial charge in [-0.2, -0.15) is 0 Å². The van der Waals surface area contributed by atoms with Crippen LogP contribution in [0.15, 0.2) is 176 Å². The molecule has 0 saturated heterocycles. The van der Waals surface area contributed by atoms with Crippen LogP contribution in [0.25, 0.3) is 11.1 Å². The number of aliphatic hydroxyl groups is 1. The molecule has 0 unspecified atom stereocenters. The standard InChI is InChI=1S/C69H73ClN6O9/c1-46(49-29-35-58(70)36-30-49)74-69(84)76(60-39-33-53(34-40-60)51-15-7-3-8-16-51)45-48-23-27-56(28-24-48)65(79)72-43-63(66(80)81)85-67(82)62(77)42-71-64(78)55-25-21-47(22-26-55)44-75(59-37-31-52(32-38-59)50-13-5-2-6-14-50)68(83)73-41-57-19-11-12-20-61(57)54-17-9-4-10-18-54/h4,9-12,17-40,46,50-51,62-63,77H,2-3,5-8,13-16,41-45H2,1H3,(H,71,78)(H,72,79)(H,73,83)(H,74,84)(H,80,81)/t46-,62+,63+/m0/s1. The number of carbonyl (C=O) groups is 6. The molecule has 0 heterocycles. The number of amides is 6. The Bertz CT molecular complexity index is 3370. The van der Waals surface area contributed by atoms with E-state index in [1.54, 1.807) is 70.5 Å². The Labute approximate surface area is 501 Å². The third kappa shape index (κ3) is 16.7. The molecule has 16 heteroatoms. The molecule has 9 rings (SSSR count). The molecular weight excluding hydrogens is 1090 g/mol. The third-order valence-electron chi connectivity index (χ3n) is 16.1. The summed E-state index contributed by atoms with van der Waals surface area (Å²) in [6.45, 7) is 1.30. The number of urea groups is 2. The fourth-order valence-corrected chi connectivity index (χ4v) is 11.3. The molecule has 440 valence electrons. The SMILES string of the molecule is C[C@H](NC(=O)N(Cc1ccc(C(=O)NC[C@@H](OC(=O)[C@H](O)CNC(=O)c2ccc(CN(C(=O)NCc3ccccc3-c3ccccc3)c3ccc(C4CCCCC4)cc3)cc2)C(=O)O)cc1)c1ccc(C2CCCCC2)cc1)c1ccc(Cl)cc1. The van der Waals surface area contributed by atoms with Crippen LogP contribution in [0.1, 0.15) is 143 Å². The van der Waals surface area contributed by atoms with Gasteiger partial charge in [0.15, 0.2) is 6.10 Å². The van der Waals surface area contributed by atoms with Crippen LogP contribution in [0, 0.1) is 0 Å². The maximum absolute atomic E-state index is 14.2. The number of halogens is 1. The molecule has 0 aliphatic heterocycles. The zero-order valence-corrected chi connectivity index (χ0v) is 48.5. The van der Waals surface area contributed by atoms with E-state index in [1.807, 2.05) is 97.9 Å². The zero-order valence-electron chi connectivity index (χ0n) is 47.8. The summed E-state index contributed by atoms with van der Waals surface area (Å²) in [5.74, 6) is -3.19. The van der Waals surface area contributed by atoms with E-state index in [4.69, 9.17) is 16.3 Å². The molecule has 2 saturated carbocycles. The van der Waals surface area contributed by atoms with Gasteiger partial charge < -0.3 is 36.2 Å². The first-order valence-electron chi connectivity index (χ1n) is 29.3. The Morgan fingerprint density at radius 1 is 0.553 bits per heavy atom. The van der Waals surface area contributed by atoms with E-state index in [1.165, 1.54) is 49.7 Å². The number of rotatable bonds is 22. The normalized spacial score (nSPS) is 14.6. The van der Waals surface area contributed by atoms with Crippen LogP contribution in [0.3, 0.4) is 0 Å². The Kier molecular flexibility index (Phi) is 21.2. The average Bonchev–Trinajstić information content (AvgIpc) is 3.67. The molecule has 2 aliphatic rings. The minimum Gasteiger partial charge on any atom is -0.478 e. The lowest BCUT2D eigenvalue weighted by atomic mass is 9.84. The molecule has 7 aromatic carbocycles. The first-order chi connectivity index (χ1) is 41.3. The van der Waals surface area contributed by atoms with Gasteiger partial charge in [-0.1, -0.05) is 165 Å². The van der Waals surface area contributed by atoms with Crippen molar-refractivity contribution in [2.24, 2.45) is 0 Å². The van der Waals surface area contributed by atoms with Gasteiger partial charge in [-0.3, -0.25) is 19.4 Å². The van der Waals surface area contributed by atoms with Crippen molar-refractivity contribution in [1.82, 2.24) is 21.3 Å². The number of hydrogen-bond donors (Lipinski definition) is 6. The minimum atomic E-state index is -1.94. The van der Waals surface area contributed by atoms with Crippen LogP contribution in [-0.4, -0.2) is 71.3 Å². The van der Waals surface area contributed by atoms with Crippen LogP contribution in [0.5, 0.6) is 0 Å². The molecule has 7 aromatic rings. The summed E-state index contributed by atoms with van der Waals surface area (Å²) in [4.78, 5) is 83.3. The second-order valence-corrected chi connectivity index (χ2v) is 22.5. The largest absolute Gasteiger partial charge is 0.478 e. The number of aliphatic carboxylic acids is 1. The quantitative estimate of drug-likeness (QED) is 0.0357. The van der Waals surface area contributed by atoms with Crippen molar-refractivity contribution in [2.45, 2.75) is 121 Å². The molecular formula is C69H73ClN6O9. The topological polar surface area (TPSA) is 207 Å². The predicted molar refractivity (Wildman–Crippen MR) is 330 cm³/mol. The Balaban J connectivity index is 0.772. The van der Waals surface area contributed by atoms with Crippen molar-refractivity contribution in [3.63, 3.8) is 0 Å². The summed E-state index contributed by atoms with van der Waals surface area (Å²) in [5.41, 5.74) is 9.66.